The molecule has 0 aliphatic rings. The molecule has 0 aliphatic carbocycles. The van der Waals surface area contributed by atoms with Crippen molar-refractivity contribution in [1.29, 1.82) is 0 Å². The van der Waals surface area contributed by atoms with Gasteiger partial charge in [0.1, 0.15) is 0 Å². The third-order valence-corrected chi connectivity index (χ3v) is 2.50. The monoisotopic (exact) mass is 236 g/mol. The molecule has 1 aromatic carbocycles. The number of hydrogen-bond acceptors (Lipinski definition) is 1. The van der Waals surface area contributed by atoms with Gasteiger partial charge in [-0.3, -0.25) is 0 Å². The van der Waals surface area contributed by atoms with Crippen molar-refractivity contribution in [3.8, 4) is 0 Å². The van der Waals surface area contributed by atoms with E-state index in [4.69, 9.17) is 12.2 Å². The Morgan fingerprint density at radius 2 is 1.69 bits per heavy atom. The van der Waals surface area contributed by atoms with Gasteiger partial charge < -0.3 is 10.2 Å². The summed E-state index contributed by atoms with van der Waals surface area (Å²) in [5.41, 5.74) is 1.13. The van der Waals surface area contributed by atoms with Crippen LogP contribution in [0.5, 0.6) is 0 Å². The Hall–Kier alpha value is -1.09. The van der Waals surface area contributed by atoms with Crippen molar-refractivity contribution in [2.45, 2.75) is 39.8 Å². The van der Waals surface area contributed by atoms with E-state index in [2.05, 4.69) is 50.0 Å². The van der Waals surface area contributed by atoms with Crippen LogP contribution in [0, 0.1) is 0 Å². The first-order valence-corrected chi connectivity index (χ1v) is 6.08. The maximum atomic E-state index is 5.42. The minimum Gasteiger partial charge on any atom is -0.360 e. The summed E-state index contributed by atoms with van der Waals surface area (Å²) in [5, 5.41) is 4.07. The Labute approximate surface area is 104 Å². The molecule has 0 saturated heterocycles. The third kappa shape index (κ3) is 3.49. The number of anilines is 1. The van der Waals surface area contributed by atoms with Crippen LogP contribution in [0.4, 0.5) is 5.69 Å². The van der Waals surface area contributed by atoms with Crippen LogP contribution < -0.4 is 10.2 Å². The van der Waals surface area contributed by atoms with Crippen molar-refractivity contribution in [2.75, 3.05) is 4.90 Å². The highest BCUT2D eigenvalue weighted by molar-refractivity contribution is 7.80. The smallest absolute Gasteiger partial charge is 0.173 e. The molecule has 1 aromatic rings. The quantitative estimate of drug-likeness (QED) is 0.811. The van der Waals surface area contributed by atoms with Crippen LogP contribution in [-0.4, -0.2) is 17.2 Å². The van der Waals surface area contributed by atoms with Crippen molar-refractivity contribution in [2.24, 2.45) is 0 Å². The van der Waals surface area contributed by atoms with E-state index in [0.717, 1.165) is 10.8 Å². The van der Waals surface area contributed by atoms with Crippen LogP contribution in [0.15, 0.2) is 30.3 Å². The zero-order valence-corrected chi connectivity index (χ0v) is 11.2. The fourth-order valence-electron chi connectivity index (χ4n) is 1.55. The fourth-order valence-corrected chi connectivity index (χ4v) is 2.11. The third-order valence-electron chi connectivity index (χ3n) is 2.18. The molecular formula is C13H20N2S. The molecule has 16 heavy (non-hydrogen) atoms. The molecule has 88 valence electrons. The van der Waals surface area contributed by atoms with Gasteiger partial charge >= 0.3 is 0 Å². The second-order valence-electron chi connectivity index (χ2n) is 4.40. The van der Waals surface area contributed by atoms with Crippen molar-refractivity contribution in [3.05, 3.63) is 30.3 Å². The Balaban J connectivity index is 2.88. The van der Waals surface area contributed by atoms with Gasteiger partial charge in [-0.25, -0.2) is 0 Å². The summed E-state index contributed by atoms with van der Waals surface area (Å²) in [4.78, 5) is 2.13. The number of nitrogens with zero attached hydrogens (tertiary/aromatic N) is 1. The fraction of sp³-hybridized carbons (Fsp3) is 0.462. The molecule has 0 bridgehead atoms. The zero-order valence-electron chi connectivity index (χ0n) is 10.4. The van der Waals surface area contributed by atoms with E-state index in [-0.39, 0.29) is 0 Å². The molecule has 0 aliphatic heterocycles. The predicted molar refractivity (Wildman–Crippen MR) is 74.9 cm³/mol. The lowest BCUT2D eigenvalue weighted by molar-refractivity contribution is 0.708. The summed E-state index contributed by atoms with van der Waals surface area (Å²) in [6.07, 6.45) is 0. The first-order chi connectivity index (χ1) is 7.52. The minimum absolute atomic E-state index is 0.348. The van der Waals surface area contributed by atoms with E-state index in [1.165, 1.54) is 0 Å². The van der Waals surface area contributed by atoms with Crippen molar-refractivity contribution >= 4 is 23.0 Å². The van der Waals surface area contributed by atoms with Crippen molar-refractivity contribution < 1.29 is 0 Å². The van der Waals surface area contributed by atoms with Gasteiger partial charge in [-0.2, -0.15) is 0 Å². The normalized spacial score (nSPS) is 10.6. The summed E-state index contributed by atoms with van der Waals surface area (Å²) in [7, 11) is 0. The van der Waals surface area contributed by atoms with E-state index in [0.29, 0.717) is 12.1 Å². The number of benzene rings is 1. The molecule has 0 amide bonds. The molecule has 0 fully saturated rings. The molecule has 0 radical (unpaired) electrons. The maximum Gasteiger partial charge on any atom is 0.173 e. The molecule has 0 aromatic heterocycles. The van der Waals surface area contributed by atoms with Crippen LogP contribution in [0.1, 0.15) is 27.7 Å². The largest absolute Gasteiger partial charge is 0.360 e. The standard InChI is InChI=1S/C13H20N2S/c1-10(2)14-13(16)15(11(3)4)12-8-6-5-7-9-12/h5-11H,1-4H3,(H,14,16). The van der Waals surface area contributed by atoms with Gasteiger partial charge in [0.05, 0.1) is 0 Å². The van der Waals surface area contributed by atoms with E-state index in [1.807, 2.05) is 18.2 Å². The predicted octanol–water partition coefficient (Wildman–Crippen LogP) is 3.18. The highest BCUT2D eigenvalue weighted by Crippen LogP contribution is 2.16. The Morgan fingerprint density at radius 3 is 2.12 bits per heavy atom. The minimum atomic E-state index is 0.348. The van der Waals surface area contributed by atoms with Gasteiger partial charge in [0.2, 0.25) is 0 Å². The highest BCUT2D eigenvalue weighted by Gasteiger charge is 2.15. The summed E-state index contributed by atoms with van der Waals surface area (Å²) < 4.78 is 0. The van der Waals surface area contributed by atoms with Crippen LogP contribution >= 0.6 is 12.2 Å². The van der Waals surface area contributed by atoms with Crippen LogP contribution in [-0.2, 0) is 0 Å². The molecule has 2 nitrogen and oxygen atoms in total. The lowest BCUT2D eigenvalue weighted by atomic mass is 10.2. The summed E-state index contributed by atoms with van der Waals surface area (Å²) >= 11 is 5.42. The highest BCUT2D eigenvalue weighted by atomic mass is 32.1. The number of nitrogens with one attached hydrogen (secondary N) is 1. The number of para-hydroxylation sites is 1. The lowest BCUT2D eigenvalue weighted by Crippen LogP contribution is -2.46. The van der Waals surface area contributed by atoms with Crippen molar-refractivity contribution in [3.63, 3.8) is 0 Å². The Kier molecular flexibility index (Phi) is 4.74. The maximum absolute atomic E-state index is 5.42. The van der Waals surface area contributed by atoms with Gasteiger partial charge in [0.15, 0.2) is 5.11 Å². The van der Waals surface area contributed by atoms with Gasteiger partial charge in [-0.05, 0) is 52.0 Å². The summed E-state index contributed by atoms with van der Waals surface area (Å²) in [6, 6.07) is 10.9. The molecular weight excluding hydrogens is 216 g/mol. The average molecular weight is 236 g/mol. The van der Waals surface area contributed by atoms with Crippen molar-refractivity contribution in [1.82, 2.24) is 5.32 Å². The van der Waals surface area contributed by atoms with Crippen LogP contribution in [0.25, 0.3) is 0 Å². The molecule has 0 spiro atoms. The average Bonchev–Trinajstić information content (AvgIpc) is 2.17. The van der Waals surface area contributed by atoms with Gasteiger partial charge in [0, 0.05) is 17.8 Å². The summed E-state index contributed by atoms with van der Waals surface area (Å²) in [6.45, 7) is 8.47. The Bertz CT molecular complexity index is 333. The van der Waals surface area contributed by atoms with Gasteiger partial charge in [-0.15, -0.1) is 0 Å². The second-order valence-corrected chi connectivity index (χ2v) is 4.79. The van der Waals surface area contributed by atoms with E-state index in [1.54, 1.807) is 0 Å². The zero-order chi connectivity index (χ0) is 12.1. The van der Waals surface area contributed by atoms with Crippen LogP contribution in [0.2, 0.25) is 0 Å². The topological polar surface area (TPSA) is 15.3 Å². The molecule has 1 rings (SSSR count). The molecule has 0 atom stereocenters. The molecule has 3 heteroatoms. The number of thiocarbonyl (C=S) groups is 1. The second kappa shape index (κ2) is 5.85. The molecule has 0 unspecified atom stereocenters. The van der Waals surface area contributed by atoms with Crippen LogP contribution in [0.3, 0.4) is 0 Å². The molecule has 1 N–H and O–H groups in total. The SMILES string of the molecule is CC(C)NC(=S)N(c1ccccc1)C(C)C. The van der Waals surface area contributed by atoms with E-state index in [9.17, 15) is 0 Å². The first kappa shape index (κ1) is 13.0. The van der Waals surface area contributed by atoms with E-state index >= 15 is 0 Å². The number of hydrogen-bond donors (Lipinski definition) is 1. The Morgan fingerprint density at radius 1 is 1.12 bits per heavy atom. The first-order valence-electron chi connectivity index (χ1n) is 5.67. The number of rotatable bonds is 3. The molecule has 0 heterocycles. The van der Waals surface area contributed by atoms with E-state index < -0.39 is 0 Å². The molecule has 0 saturated carbocycles. The van der Waals surface area contributed by atoms with Gasteiger partial charge in [-0.1, -0.05) is 18.2 Å². The van der Waals surface area contributed by atoms with Gasteiger partial charge in [0.25, 0.3) is 0 Å². The lowest BCUT2D eigenvalue weighted by Gasteiger charge is -2.30. The summed E-state index contributed by atoms with van der Waals surface area (Å²) in [5.74, 6) is 0.